The fourth-order valence-corrected chi connectivity index (χ4v) is 1.39. The lowest BCUT2D eigenvalue weighted by atomic mass is 10.0. The summed E-state index contributed by atoms with van der Waals surface area (Å²) in [5.41, 5.74) is 6.76. The zero-order chi connectivity index (χ0) is 12.0. The first kappa shape index (κ1) is 15.7. The molecule has 0 bridgehead atoms. The minimum Gasteiger partial charge on any atom is -0.497 e. The van der Waals surface area contributed by atoms with Gasteiger partial charge in [0.05, 0.1) is 20.1 Å². The van der Waals surface area contributed by atoms with Crippen LogP contribution < -0.4 is 10.5 Å². The van der Waals surface area contributed by atoms with Crippen LogP contribution in [-0.4, -0.2) is 19.7 Å². The third kappa shape index (κ3) is 5.06. The molecule has 0 spiro atoms. The Morgan fingerprint density at radius 2 is 2.18 bits per heavy atom. The van der Waals surface area contributed by atoms with Crippen LogP contribution >= 0.6 is 12.4 Å². The first-order valence-corrected chi connectivity index (χ1v) is 5.22. The first-order valence-electron chi connectivity index (χ1n) is 5.22. The Morgan fingerprint density at radius 1 is 1.47 bits per heavy atom. The molecule has 0 radical (unpaired) electrons. The topological polar surface area (TPSA) is 61.5 Å². The highest BCUT2D eigenvalue weighted by Crippen LogP contribution is 2.19. The molecule has 0 amide bonds. The van der Waals surface area contributed by atoms with E-state index in [2.05, 4.69) is 0 Å². The van der Waals surface area contributed by atoms with E-state index < -0.39 is 0 Å². The number of ether oxygens (including phenoxy) is 2. The molecule has 5 heteroatoms. The van der Waals surface area contributed by atoms with Gasteiger partial charge in [-0.2, -0.15) is 0 Å². The van der Waals surface area contributed by atoms with Gasteiger partial charge in [-0.1, -0.05) is 12.1 Å². The summed E-state index contributed by atoms with van der Waals surface area (Å²) in [7, 11) is 1.59. The molecule has 0 unspecified atom stereocenters. The van der Waals surface area contributed by atoms with Gasteiger partial charge >= 0.3 is 5.97 Å². The fraction of sp³-hybridized carbons (Fsp3) is 0.417. The summed E-state index contributed by atoms with van der Waals surface area (Å²) >= 11 is 0. The summed E-state index contributed by atoms with van der Waals surface area (Å²) in [6.45, 7) is 2.15. The number of methoxy groups -OCH3 is 1. The molecule has 1 rings (SSSR count). The zero-order valence-electron chi connectivity index (χ0n) is 10.0. The summed E-state index contributed by atoms with van der Waals surface area (Å²) in [5, 5.41) is 0. The van der Waals surface area contributed by atoms with E-state index in [0.29, 0.717) is 6.61 Å². The van der Waals surface area contributed by atoms with E-state index >= 15 is 0 Å². The Kier molecular flexibility index (Phi) is 7.34. The number of halogens is 1. The van der Waals surface area contributed by atoms with Crippen molar-refractivity contribution in [1.82, 2.24) is 0 Å². The standard InChI is InChI=1S/C12H17NO3.ClH/c1-3-16-12(14)8-11(13)9-5-4-6-10(7-9)15-2;/h4-7,11H,3,8,13H2,1-2H3;1H/t11-;/m1./s1. The van der Waals surface area contributed by atoms with Crippen molar-refractivity contribution >= 4 is 18.4 Å². The predicted molar refractivity (Wildman–Crippen MR) is 68.4 cm³/mol. The van der Waals surface area contributed by atoms with Crippen LogP contribution in [0.5, 0.6) is 5.75 Å². The maximum absolute atomic E-state index is 11.2. The van der Waals surface area contributed by atoms with Crippen LogP contribution in [0.1, 0.15) is 24.9 Å². The lowest BCUT2D eigenvalue weighted by Crippen LogP contribution is -2.17. The maximum atomic E-state index is 11.2. The number of rotatable bonds is 5. The number of esters is 1. The van der Waals surface area contributed by atoms with E-state index in [4.69, 9.17) is 15.2 Å². The minimum atomic E-state index is -0.353. The number of hydrogen-bond acceptors (Lipinski definition) is 4. The third-order valence-electron chi connectivity index (χ3n) is 2.21. The quantitative estimate of drug-likeness (QED) is 0.823. The van der Waals surface area contributed by atoms with E-state index in [0.717, 1.165) is 11.3 Å². The maximum Gasteiger partial charge on any atom is 0.307 e. The van der Waals surface area contributed by atoms with Gasteiger partial charge in [-0.25, -0.2) is 0 Å². The Labute approximate surface area is 108 Å². The fourth-order valence-electron chi connectivity index (χ4n) is 1.39. The third-order valence-corrected chi connectivity index (χ3v) is 2.21. The monoisotopic (exact) mass is 259 g/mol. The Balaban J connectivity index is 0.00000256. The SMILES string of the molecule is CCOC(=O)C[C@@H](N)c1cccc(OC)c1.Cl. The van der Waals surface area contributed by atoms with Crippen molar-refractivity contribution in [2.45, 2.75) is 19.4 Å². The van der Waals surface area contributed by atoms with Gasteiger partial charge < -0.3 is 15.2 Å². The molecule has 1 atom stereocenters. The molecule has 0 aliphatic carbocycles. The molecule has 1 aromatic carbocycles. The van der Waals surface area contributed by atoms with Gasteiger partial charge in [0.25, 0.3) is 0 Å². The molecule has 2 N–H and O–H groups in total. The molecule has 4 nitrogen and oxygen atoms in total. The van der Waals surface area contributed by atoms with Crippen LogP contribution in [-0.2, 0) is 9.53 Å². The number of hydrogen-bond donors (Lipinski definition) is 1. The predicted octanol–water partition coefficient (Wildman–Crippen LogP) is 2.07. The van der Waals surface area contributed by atoms with Gasteiger partial charge in [0.2, 0.25) is 0 Å². The number of benzene rings is 1. The number of nitrogens with two attached hydrogens (primary N) is 1. The Bertz CT molecular complexity index is 357. The summed E-state index contributed by atoms with van der Waals surface area (Å²) in [5.74, 6) is 0.453. The zero-order valence-corrected chi connectivity index (χ0v) is 10.8. The molecule has 0 saturated carbocycles. The summed E-state index contributed by atoms with van der Waals surface area (Å²) in [6.07, 6.45) is 0.182. The molecule has 96 valence electrons. The van der Waals surface area contributed by atoms with Gasteiger partial charge in [-0.05, 0) is 24.6 Å². The van der Waals surface area contributed by atoms with Crippen LogP contribution in [0.25, 0.3) is 0 Å². The largest absolute Gasteiger partial charge is 0.497 e. The molecular formula is C12H18ClNO3. The highest BCUT2D eigenvalue weighted by molar-refractivity contribution is 5.85. The van der Waals surface area contributed by atoms with Gasteiger partial charge in [-0.15, -0.1) is 12.4 Å². The average molecular weight is 260 g/mol. The molecule has 0 aromatic heterocycles. The molecule has 17 heavy (non-hydrogen) atoms. The van der Waals surface area contributed by atoms with Crippen LogP contribution in [0.15, 0.2) is 24.3 Å². The van der Waals surface area contributed by atoms with Crippen LogP contribution in [0, 0.1) is 0 Å². The van der Waals surface area contributed by atoms with Gasteiger partial charge in [0.1, 0.15) is 5.75 Å². The lowest BCUT2D eigenvalue weighted by Gasteiger charge is -2.12. The molecule has 0 aliphatic heterocycles. The second kappa shape index (κ2) is 7.92. The van der Waals surface area contributed by atoms with Crippen molar-refractivity contribution in [2.24, 2.45) is 5.73 Å². The van der Waals surface area contributed by atoms with Gasteiger partial charge in [0.15, 0.2) is 0 Å². The van der Waals surface area contributed by atoms with Crippen molar-refractivity contribution in [1.29, 1.82) is 0 Å². The normalized spacial score (nSPS) is 11.2. The van der Waals surface area contributed by atoms with Gasteiger partial charge in [0, 0.05) is 6.04 Å². The summed E-state index contributed by atoms with van der Waals surface area (Å²) in [4.78, 5) is 11.2. The number of carbonyl (C=O) groups excluding carboxylic acids is 1. The molecule has 0 heterocycles. The van der Waals surface area contributed by atoms with Crippen molar-refractivity contribution in [2.75, 3.05) is 13.7 Å². The lowest BCUT2D eigenvalue weighted by molar-refractivity contribution is -0.143. The van der Waals surface area contributed by atoms with Gasteiger partial charge in [-0.3, -0.25) is 4.79 Å². The summed E-state index contributed by atoms with van der Waals surface area (Å²) in [6, 6.07) is 7.02. The molecule has 0 saturated heterocycles. The van der Waals surface area contributed by atoms with E-state index in [1.54, 1.807) is 14.0 Å². The molecular weight excluding hydrogens is 242 g/mol. The molecule has 0 fully saturated rings. The van der Waals surface area contributed by atoms with E-state index in [1.165, 1.54) is 0 Å². The van der Waals surface area contributed by atoms with E-state index in [1.807, 2.05) is 24.3 Å². The second-order valence-electron chi connectivity index (χ2n) is 3.39. The summed E-state index contributed by atoms with van der Waals surface area (Å²) < 4.78 is 9.93. The molecule has 1 aromatic rings. The molecule has 0 aliphatic rings. The Hall–Kier alpha value is -1.26. The van der Waals surface area contributed by atoms with Crippen LogP contribution in [0.4, 0.5) is 0 Å². The van der Waals surface area contributed by atoms with Crippen molar-refractivity contribution in [3.05, 3.63) is 29.8 Å². The Morgan fingerprint density at radius 3 is 2.76 bits per heavy atom. The highest BCUT2D eigenvalue weighted by Gasteiger charge is 2.12. The van der Waals surface area contributed by atoms with Crippen LogP contribution in [0.2, 0.25) is 0 Å². The van der Waals surface area contributed by atoms with E-state index in [-0.39, 0.29) is 30.8 Å². The smallest absolute Gasteiger partial charge is 0.307 e. The minimum absolute atomic E-state index is 0. The van der Waals surface area contributed by atoms with Crippen molar-refractivity contribution in [3.63, 3.8) is 0 Å². The van der Waals surface area contributed by atoms with Crippen molar-refractivity contribution < 1.29 is 14.3 Å². The highest BCUT2D eigenvalue weighted by atomic mass is 35.5. The van der Waals surface area contributed by atoms with Crippen LogP contribution in [0.3, 0.4) is 0 Å². The first-order chi connectivity index (χ1) is 7.67. The average Bonchev–Trinajstić information content (AvgIpc) is 2.29. The number of carbonyl (C=O) groups is 1. The van der Waals surface area contributed by atoms with Crippen molar-refractivity contribution in [3.8, 4) is 5.75 Å². The van der Waals surface area contributed by atoms with E-state index in [9.17, 15) is 4.79 Å². The second-order valence-corrected chi connectivity index (χ2v) is 3.39.